The topological polar surface area (TPSA) is 37.3 Å². The minimum Gasteiger partial charge on any atom is -0.478 e. The predicted molar refractivity (Wildman–Crippen MR) is 47.5 cm³/mol. The Hall–Kier alpha value is -1.92. The molecule has 0 aromatic heterocycles. The van der Waals surface area contributed by atoms with Crippen LogP contribution in [-0.2, 0) is 4.79 Å². The van der Waals surface area contributed by atoms with E-state index >= 15 is 0 Å². The van der Waals surface area contributed by atoms with Crippen LogP contribution in [0.1, 0.15) is 12.5 Å². The highest BCUT2D eigenvalue weighted by Crippen LogP contribution is 2.24. The second-order valence-corrected chi connectivity index (χ2v) is 3.12. The maximum absolute atomic E-state index is 13.1. The highest BCUT2D eigenvalue weighted by Gasteiger charge is 2.24. The van der Waals surface area contributed by atoms with Gasteiger partial charge >= 0.3 is 5.97 Å². The van der Waals surface area contributed by atoms with Crippen molar-refractivity contribution in [1.29, 1.82) is 0 Å². The minimum absolute atomic E-state index is 0.374. The van der Waals surface area contributed by atoms with Crippen molar-refractivity contribution < 1.29 is 31.9 Å². The molecular weight excluding hydrogens is 247 g/mol. The second kappa shape index (κ2) is 4.52. The molecular formula is C10H5F5O2. The highest BCUT2D eigenvalue weighted by molar-refractivity contribution is 5.91. The minimum atomic E-state index is -2.29. The smallest absolute Gasteiger partial charge is 0.331 e. The number of hydrogen-bond donors (Lipinski definition) is 1. The first kappa shape index (κ1) is 13.1. The molecule has 0 bridgehead atoms. The van der Waals surface area contributed by atoms with Crippen LogP contribution in [0.25, 0.3) is 6.08 Å². The van der Waals surface area contributed by atoms with Crippen molar-refractivity contribution in [2.24, 2.45) is 0 Å². The summed E-state index contributed by atoms with van der Waals surface area (Å²) in [6.45, 7) is 0.959. The second-order valence-electron chi connectivity index (χ2n) is 3.12. The first-order valence-corrected chi connectivity index (χ1v) is 4.20. The molecule has 0 unspecified atom stereocenters. The summed E-state index contributed by atoms with van der Waals surface area (Å²) in [6.07, 6.45) is 0.374. The standard InChI is InChI=1S/C10H5F5O2/c1-3(10(16)17)2-4-5(11)7(13)9(15)8(14)6(4)12/h2H,1H3,(H,16,17). The number of carbonyl (C=O) groups is 1. The van der Waals surface area contributed by atoms with Crippen LogP contribution in [0.3, 0.4) is 0 Å². The summed E-state index contributed by atoms with van der Waals surface area (Å²) in [5.74, 6) is -12.2. The zero-order valence-electron chi connectivity index (χ0n) is 8.32. The van der Waals surface area contributed by atoms with Crippen molar-refractivity contribution in [3.05, 3.63) is 40.2 Å². The van der Waals surface area contributed by atoms with E-state index in [-0.39, 0.29) is 0 Å². The van der Waals surface area contributed by atoms with E-state index in [1.807, 2.05) is 0 Å². The van der Waals surface area contributed by atoms with Crippen molar-refractivity contribution in [3.8, 4) is 0 Å². The predicted octanol–water partition coefficient (Wildman–Crippen LogP) is 2.87. The Morgan fingerprint density at radius 1 is 0.941 bits per heavy atom. The lowest BCUT2D eigenvalue weighted by atomic mass is 10.1. The molecule has 0 saturated heterocycles. The SMILES string of the molecule is CC(=Cc1c(F)c(F)c(F)c(F)c1F)C(=O)O. The maximum atomic E-state index is 13.1. The van der Waals surface area contributed by atoms with Gasteiger partial charge in [0.15, 0.2) is 23.3 Å². The molecule has 0 atom stereocenters. The van der Waals surface area contributed by atoms with Crippen molar-refractivity contribution >= 4 is 12.0 Å². The van der Waals surface area contributed by atoms with Gasteiger partial charge in [-0.15, -0.1) is 0 Å². The van der Waals surface area contributed by atoms with Gasteiger partial charge in [0.2, 0.25) is 5.82 Å². The maximum Gasteiger partial charge on any atom is 0.331 e. The van der Waals surface area contributed by atoms with Crippen LogP contribution >= 0.6 is 0 Å². The van der Waals surface area contributed by atoms with Crippen molar-refractivity contribution in [2.75, 3.05) is 0 Å². The van der Waals surface area contributed by atoms with Gasteiger partial charge in [0.1, 0.15) is 0 Å². The lowest BCUT2D eigenvalue weighted by Gasteiger charge is -2.04. The molecule has 0 aliphatic carbocycles. The number of aliphatic carboxylic acids is 1. The molecule has 92 valence electrons. The lowest BCUT2D eigenvalue weighted by molar-refractivity contribution is -0.132. The lowest BCUT2D eigenvalue weighted by Crippen LogP contribution is -2.05. The molecule has 0 amide bonds. The number of carboxylic acids is 1. The third kappa shape index (κ3) is 2.27. The van der Waals surface area contributed by atoms with E-state index in [1.54, 1.807) is 0 Å². The molecule has 1 N–H and O–H groups in total. The summed E-state index contributed by atoms with van der Waals surface area (Å²) in [4.78, 5) is 10.4. The highest BCUT2D eigenvalue weighted by atomic mass is 19.2. The molecule has 1 aromatic carbocycles. The largest absolute Gasteiger partial charge is 0.478 e. The van der Waals surface area contributed by atoms with Gasteiger partial charge in [-0.25, -0.2) is 26.7 Å². The molecule has 0 spiro atoms. The summed E-state index contributed by atoms with van der Waals surface area (Å²) in [6, 6.07) is 0. The van der Waals surface area contributed by atoms with Crippen LogP contribution < -0.4 is 0 Å². The first-order valence-electron chi connectivity index (χ1n) is 4.20. The van der Waals surface area contributed by atoms with Crippen LogP contribution in [-0.4, -0.2) is 11.1 Å². The average Bonchev–Trinajstić information content (AvgIpc) is 2.29. The molecule has 17 heavy (non-hydrogen) atoms. The summed E-state index contributed by atoms with van der Waals surface area (Å²) in [5, 5.41) is 8.44. The van der Waals surface area contributed by atoms with Gasteiger partial charge in [-0.2, -0.15) is 0 Å². The molecule has 1 aromatic rings. The molecule has 0 fully saturated rings. The van der Waals surface area contributed by atoms with Gasteiger partial charge in [-0.05, 0) is 13.0 Å². The molecule has 1 rings (SSSR count). The Labute approximate surface area is 92.0 Å². The molecule has 0 saturated carbocycles. The number of carboxylic acid groups (broad SMARTS) is 1. The molecule has 0 aliphatic heterocycles. The fourth-order valence-electron chi connectivity index (χ4n) is 1.03. The number of benzene rings is 1. The van der Waals surface area contributed by atoms with E-state index in [4.69, 9.17) is 5.11 Å². The van der Waals surface area contributed by atoms with Crippen LogP contribution in [0.15, 0.2) is 5.57 Å². The molecule has 0 heterocycles. The van der Waals surface area contributed by atoms with E-state index in [0.717, 1.165) is 6.92 Å². The Balaban J connectivity index is 3.56. The van der Waals surface area contributed by atoms with Crippen LogP contribution in [0.2, 0.25) is 0 Å². The van der Waals surface area contributed by atoms with E-state index in [2.05, 4.69) is 0 Å². The van der Waals surface area contributed by atoms with E-state index < -0.39 is 46.2 Å². The molecule has 0 aliphatic rings. The third-order valence-electron chi connectivity index (χ3n) is 1.94. The Kier molecular flexibility index (Phi) is 3.50. The van der Waals surface area contributed by atoms with Crippen molar-refractivity contribution in [2.45, 2.75) is 6.92 Å². The zero-order chi connectivity index (χ0) is 13.3. The van der Waals surface area contributed by atoms with Crippen LogP contribution in [0, 0.1) is 29.1 Å². The molecule has 7 heteroatoms. The number of hydrogen-bond acceptors (Lipinski definition) is 1. The Bertz CT molecular complexity index is 493. The Morgan fingerprint density at radius 2 is 1.29 bits per heavy atom. The quantitative estimate of drug-likeness (QED) is 0.380. The normalized spacial score (nSPS) is 11.8. The van der Waals surface area contributed by atoms with Gasteiger partial charge < -0.3 is 5.11 Å². The van der Waals surface area contributed by atoms with E-state index in [1.165, 1.54) is 0 Å². The van der Waals surface area contributed by atoms with Gasteiger partial charge in [0.05, 0.1) is 5.56 Å². The Morgan fingerprint density at radius 3 is 1.65 bits per heavy atom. The van der Waals surface area contributed by atoms with Crippen molar-refractivity contribution in [3.63, 3.8) is 0 Å². The fraction of sp³-hybridized carbons (Fsp3) is 0.100. The number of rotatable bonds is 2. The summed E-state index contributed by atoms with van der Waals surface area (Å²) in [5.41, 5.74) is -1.84. The molecule has 0 radical (unpaired) electrons. The zero-order valence-corrected chi connectivity index (χ0v) is 8.32. The van der Waals surface area contributed by atoms with Gasteiger partial charge in [-0.1, -0.05) is 0 Å². The van der Waals surface area contributed by atoms with Gasteiger partial charge in [0, 0.05) is 5.57 Å². The van der Waals surface area contributed by atoms with E-state index in [9.17, 15) is 26.7 Å². The summed E-state index contributed by atoms with van der Waals surface area (Å²) >= 11 is 0. The monoisotopic (exact) mass is 252 g/mol. The van der Waals surface area contributed by atoms with Crippen LogP contribution in [0.4, 0.5) is 22.0 Å². The van der Waals surface area contributed by atoms with Gasteiger partial charge in [-0.3, -0.25) is 0 Å². The van der Waals surface area contributed by atoms with Gasteiger partial charge in [0.25, 0.3) is 0 Å². The molecule has 2 nitrogen and oxygen atoms in total. The average molecular weight is 252 g/mol. The van der Waals surface area contributed by atoms with Crippen LogP contribution in [0.5, 0.6) is 0 Å². The third-order valence-corrected chi connectivity index (χ3v) is 1.94. The first-order chi connectivity index (χ1) is 7.77. The van der Waals surface area contributed by atoms with Crippen molar-refractivity contribution in [1.82, 2.24) is 0 Å². The van der Waals surface area contributed by atoms with E-state index in [0.29, 0.717) is 6.08 Å². The fourth-order valence-corrected chi connectivity index (χ4v) is 1.03. The number of halogens is 5. The summed E-state index contributed by atoms with van der Waals surface area (Å²) < 4.78 is 64.2. The summed E-state index contributed by atoms with van der Waals surface area (Å²) in [7, 11) is 0.